The van der Waals surface area contributed by atoms with Crippen LogP contribution in [0.25, 0.3) is 5.69 Å². The van der Waals surface area contributed by atoms with Crippen molar-refractivity contribution in [1.82, 2.24) is 25.2 Å². The van der Waals surface area contributed by atoms with Gasteiger partial charge in [0.2, 0.25) is 0 Å². The highest BCUT2D eigenvalue weighted by atomic mass is 79.9. The summed E-state index contributed by atoms with van der Waals surface area (Å²) in [5, 5.41) is 14.3. The first kappa shape index (κ1) is 13.8. The van der Waals surface area contributed by atoms with E-state index in [0.29, 0.717) is 16.4 Å². The molecular formula is C12H9BrN6OS. The Morgan fingerprint density at radius 3 is 2.95 bits per heavy atom. The number of benzene rings is 1. The van der Waals surface area contributed by atoms with Gasteiger partial charge < -0.3 is 0 Å². The molecule has 1 amide bonds. The smallest absolute Gasteiger partial charge is 0.259 e. The molecule has 1 aromatic carbocycles. The molecule has 106 valence electrons. The molecule has 0 aliphatic heterocycles. The lowest BCUT2D eigenvalue weighted by molar-refractivity contribution is 0.102. The van der Waals surface area contributed by atoms with Gasteiger partial charge in [0.25, 0.3) is 5.91 Å². The van der Waals surface area contributed by atoms with Gasteiger partial charge >= 0.3 is 0 Å². The number of aryl methyl sites for hydroxylation is 1. The lowest BCUT2D eigenvalue weighted by Crippen LogP contribution is -2.15. The fourth-order valence-electron chi connectivity index (χ4n) is 1.74. The average Bonchev–Trinajstić information content (AvgIpc) is 3.10. The van der Waals surface area contributed by atoms with Crippen LogP contribution in [0.15, 0.2) is 35.2 Å². The molecule has 21 heavy (non-hydrogen) atoms. The van der Waals surface area contributed by atoms with Gasteiger partial charge in [-0.3, -0.25) is 10.1 Å². The molecule has 3 rings (SSSR count). The Balaban J connectivity index is 1.97. The van der Waals surface area contributed by atoms with Crippen LogP contribution in [0, 0.1) is 6.92 Å². The van der Waals surface area contributed by atoms with E-state index in [4.69, 9.17) is 0 Å². The van der Waals surface area contributed by atoms with Gasteiger partial charge in [0.15, 0.2) is 5.13 Å². The van der Waals surface area contributed by atoms with E-state index in [0.717, 1.165) is 9.35 Å². The molecule has 0 aliphatic carbocycles. The first-order chi connectivity index (χ1) is 10.1. The molecule has 0 aliphatic rings. The van der Waals surface area contributed by atoms with E-state index >= 15 is 0 Å². The quantitative estimate of drug-likeness (QED) is 0.771. The van der Waals surface area contributed by atoms with E-state index in [1.165, 1.54) is 22.3 Å². The molecule has 0 saturated heterocycles. The Hall–Kier alpha value is -2.13. The first-order valence-corrected chi connectivity index (χ1v) is 7.51. The van der Waals surface area contributed by atoms with Crippen molar-refractivity contribution in [3.63, 3.8) is 0 Å². The Labute approximate surface area is 132 Å². The number of nitrogens with one attached hydrogen (secondary N) is 1. The molecule has 0 saturated carbocycles. The van der Waals surface area contributed by atoms with E-state index in [1.54, 1.807) is 18.3 Å². The molecule has 0 spiro atoms. The van der Waals surface area contributed by atoms with Crippen molar-refractivity contribution in [3.8, 4) is 5.69 Å². The van der Waals surface area contributed by atoms with Crippen LogP contribution in [0.5, 0.6) is 0 Å². The van der Waals surface area contributed by atoms with Crippen molar-refractivity contribution in [3.05, 3.63) is 45.6 Å². The first-order valence-electron chi connectivity index (χ1n) is 5.90. The summed E-state index contributed by atoms with van der Waals surface area (Å²) >= 11 is 4.78. The molecule has 0 bridgehead atoms. The van der Waals surface area contributed by atoms with Gasteiger partial charge in [-0.1, -0.05) is 15.9 Å². The normalized spacial score (nSPS) is 10.6. The number of aromatic nitrogens is 5. The lowest BCUT2D eigenvalue weighted by atomic mass is 10.1. The van der Waals surface area contributed by atoms with Gasteiger partial charge in [-0.2, -0.15) is 4.68 Å². The molecule has 7 nitrogen and oxygen atoms in total. The number of amides is 1. The van der Waals surface area contributed by atoms with E-state index in [9.17, 15) is 4.79 Å². The summed E-state index contributed by atoms with van der Waals surface area (Å²) in [5.41, 5.74) is 1.04. The fraction of sp³-hybridized carbons (Fsp3) is 0.0833. The Morgan fingerprint density at radius 2 is 2.29 bits per heavy atom. The maximum Gasteiger partial charge on any atom is 0.259 e. The molecule has 0 radical (unpaired) electrons. The van der Waals surface area contributed by atoms with Crippen LogP contribution in [0.2, 0.25) is 0 Å². The molecule has 2 aromatic heterocycles. The number of hydrogen-bond donors (Lipinski definition) is 1. The second-order valence-electron chi connectivity index (χ2n) is 4.15. The number of rotatable bonds is 3. The molecule has 3 aromatic rings. The largest absolute Gasteiger partial charge is 0.298 e. The van der Waals surface area contributed by atoms with E-state index in [-0.39, 0.29) is 5.91 Å². The third kappa shape index (κ3) is 2.98. The second kappa shape index (κ2) is 5.70. The molecular weight excluding hydrogens is 356 g/mol. The highest BCUT2D eigenvalue weighted by Crippen LogP contribution is 2.22. The summed E-state index contributed by atoms with van der Waals surface area (Å²) in [6, 6.07) is 5.30. The highest BCUT2D eigenvalue weighted by molar-refractivity contribution is 9.10. The second-order valence-corrected chi connectivity index (χ2v) is 6.30. The van der Waals surface area contributed by atoms with Gasteiger partial charge in [-0.15, -0.1) is 16.4 Å². The van der Waals surface area contributed by atoms with Gasteiger partial charge in [-0.25, -0.2) is 4.98 Å². The van der Waals surface area contributed by atoms with Crippen molar-refractivity contribution in [2.75, 3.05) is 5.32 Å². The number of halogens is 1. The predicted molar refractivity (Wildman–Crippen MR) is 81.7 cm³/mol. The average molecular weight is 365 g/mol. The van der Waals surface area contributed by atoms with Crippen molar-refractivity contribution in [2.24, 2.45) is 0 Å². The molecule has 2 heterocycles. The van der Waals surface area contributed by atoms with Crippen molar-refractivity contribution in [1.29, 1.82) is 0 Å². The number of nitrogens with zero attached hydrogens (tertiary/aromatic N) is 5. The third-order valence-electron chi connectivity index (χ3n) is 2.64. The van der Waals surface area contributed by atoms with Crippen LogP contribution >= 0.6 is 27.3 Å². The molecule has 9 heteroatoms. The zero-order valence-corrected chi connectivity index (χ0v) is 13.2. The third-order valence-corrected chi connectivity index (χ3v) is 3.96. The zero-order valence-electron chi connectivity index (χ0n) is 10.8. The van der Waals surface area contributed by atoms with E-state index in [1.807, 2.05) is 13.0 Å². The zero-order chi connectivity index (χ0) is 14.8. The number of thiazole rings is 1. The minimum absolute atomic E-state index is 0.267. The summed E-state index contributed by atoms with van der Waals surface area (Å²) in [5.74, 6) is -0.267. The van der Waals surface area contributed by atoms with Gasteiger partial charge in [0, 0.05) is 15.5 Å². The van der Waals surface area contributed by atoms with Crippen molar-refractivity contribution >= 4 is 38.3 Å². The summed E-state index contributed by atoms with van der Waals surface area (Å²) in [6.07, 6.45) is 3.15. The van der Waals surface area contributed by atoms with Crippen LogP contribution in [0.4, 0.5) is 5.13 Å². The number of carbonyl (C=O) groups is 1. The molecule has 0 unspecified atom stereocenters. The summed E-state index contributed by atoms with van der Waals surface area (Å²) in [6.45, 7) is 1.93. The number of carbonyl (C=O) groups excluding carboxylic acids is 1. The van der Waals surface area contributed by atoms with E-state index < -0.39 is 0 Å². The summed E-state index contributed by atoms with van der Waals surface area (Å²) in [4.78, 5) is 17.6. The number of tetrazole rings is 1. The van der Waals surface area contributed by atoms with Crippen molar-refractivity contribution < 1.29 is 4.79 Å². The highest BCUT2D eigenvalue weighted by Gasteiger charge is 2.15. The summed E-state index contributed by atoms with van der Waals surface area (Å²) in [7, 11) is 0. The van der Waals surface area contributed by atoms with E-state index in [2.05, 4.69) is 41.8 Å². The molecule has 0 atom stereocenters. The number of hydrogen-bond acceptors (Lipinski definition) is 6. The maximum absolute atomic E-state index is 12.4. The Kier molecular flexibility index (Phi) is 3.76. The summed E-state index contributed by atoms with van der Waals surface area (Å²) < 4.78 is 2.23. The monoisotopic (exact) mass is 364 g/mol. The molecule has 0 fully saturated rings. The predicted octanol–water partition coefficient (Wildman–Crippen LogP) is 2.44. The fourth-order valence-corrected chi connectivity index (χ4v) is 2.76. The van der Waals surface area contributed by atoms with Crippen LogP contribution in [-0.2, 0) is 0 Å². The minimum atomic E-state index is -0.267. The van der Waals surface area contributed by atoms with Crippen LogP contribution < -0.4 is 5.32 Å². The topological polar surface area (TPSA) is 85.6 Å². The van der Waals surface area contributed by atoms with Crippen LogP contribution in [0.1, 0.15) is 15.2 Å². The van der Waals surface area contributed by atoms with Crippen molar-refractivity contribution in [2.45, 2.75) is 6.92 Å². The lowest BCUT2D eigenvalue weighted by Gasteiger charge is -2.08. The van der Waals surface area contributed by atoms with Gasteiger partial charge in [-0.05, 0) is 35.5 Å². The van der Waals surface area contributed by atoms with Gasteiger partial charge in [0.1, 0.15) is 6.33 Å². The van der Waals surface area contributed by atoms with Crippen LogP contribution in [0.3, 0.4) is 0 Å². The maximum atomic E-state index is 12.4. The van der Waals surface area contributed by atoms with Gasteiger partial charge in [0.05, 0.1) is 11.3 Å². The Bertz CT molecular complexity index is 785. The standard InChI is InChI=1S/C12H9BrN6OS/c1-7-5-14-12(21-7)16-11(20)9-4-8(13)2-3-10(9)19-6-15-17-18-19/h2-6H,1H3,(H,14,16,20). The minimum Gasteiger partial charge on any atom is -0.298 e. The SMILES string of the molecule is Cc1cnc(NC(=O)c2cc(Br)ccc2-n2cnnn2)s1. The van der Waals surface area contributed by atoms with Crippen LogP contribution in [-0.4, -0.2) is 31.1 Å². The molecule has 1 N–H and O–H groups in total. The number of anilines is 1. The Morgan fingerprint density at radius 1 is 1.43 bits per heavy atom.